The zero-order valence-corrected chi connectivity index (χ0v) is 9.56. The van der Waals surface area contributed by atoms with E-state index in [4.69, 9.17) is 5.11 Å². The first-order valence-corrected chi connectivity index (χ1v) is 5.24. The normalized spacial score (nSPS) is 8.56. The van der Waals surface area contributed by atoms with Crippen molar-refractivity contribution in [3.05, 3.63) is 42.5 Å². The summed E-state index contributed by atoms with van der Waals surface area (Å²) in [6.07, 6.45) is 2.43. The molecule has 3 heteroatoms. The van der Waals surface area contributed by atoms with Gasteiger partial charge in [0.25, 0.3) is 0 Å². The van der Waals surface area contributed by atoms with Crippen LogP contribution < -0.4 is 0 Å². The lowest BCUT2D eigenvalue weighted by molar-refractivity contribution is 0.0905. The van der Waals surface area contributed by atoms with Crippen molar-refractivity contribution in [2.24, 2.45) is 0 Å². The summed E-state index contributed by atoms with van der Waals surface area (Å²) in [6.45, 7) is 5.93. The summed E-state index contributed by atoms with van der Waals surface area (Å²) in [6, 6.07) is 10.0. The number of unbranched alkanes of at least 4 members (excludes halogenated alkanes) is 1. The number of benzene rings is 1. The molecule has 0 bridgehead atoms. The summed E-state index contributed by atoms with van der Waals surface area (Å²) in [4.78, 5) is 9.65. The fraction of sp³-hybridized carbons (Fsp3) is 0.308. The van der Waals surface area contributed by atoms with Crippen molar-refractivity contribution in [3.8, 4) is 0 Å². The highest BCUT2D eigenvalue weighted by molar-refractivity contribution is 5.56. The fourth-order valence-corrected chi connectivity index (χ4v) is 0.893. The van der Waals surface area contributed by atoms with E-state index in [9.17, 15) is 4.79 Å². The van der Waals surface area contributed by atoms with Crippen LogP contribution in [0.3, 0.4) is 0 Å². The van der Waals surface area contributed by atoms with Gasteiger partial charge in [0.05, 0.1) is 6.61 Å². The van der Waals surface area contributed by atoms with Gasteiger partial charge in [-0.3, -0.25) is 0 Å². The minimum absolute atomic E-state index is 0.325. The largest absolute Gasteiger partial charge is 0.505 e. The highest BCUT2D eigenvalue weighted by atomic mass is 16.7. The summed E-state index contributed by atoms with van der Waals surface area (Å²) in [5.41, 5.74) is 1.17. The summed E-state index contributed by atoms with van der Waals surface area (Å²) >= 11 is 0. The molecule has 0 atom stereocenters. The third kappa shape index (κ3) is 8.81. The minimum atomic E-state index is -1.18. The van der Waals surface area contributed by atoms with Gasteiger partial charge in [0.1, 0.15) is 0 Å². The van der Waals surface area contributed by atoms with Crippen LogP contribution in [0.5, 0.6) is 0 Å². The van der Waals surface area contributed by atoms with Gasteiger partial charge < -0.3 is 9.84 Å². The molecule has 3 nitrogen and oxygen atoms in total. The lowest BCUT2D eigenvalue weighted by atomic mass is 10.2. The molecule has 0 unspecified atom stereocenters. The topological polar surface area (TPSA) is 46.5 Å². The number of ether oxygens (including phenoxy) is 1. The predicted octanol–water partition coefficient (Wildman–Crippen LogP) is 3.81. The van der Waals surface area contributed by atoms with Crippen LogP contribution in [-0.4, -0.2) is 17.9 Å². The first kappa shape index (κ1) is 14.2. The molecule has 16 heavy (non-hydrogen) atoms. The smallest absolute Gasteiger partial charge is 0.450 e. The van der Waals surface area contributed by atoms with Crippen LogP contribution in [-0.2, 0) is 4.74 Å². The number of hydrogen-bond donors (Lipinski definition) is 1. The number of rotatable bonds is 4. The van der Waals surface area contributed by atoms with Gasteiger partial charge >= 0.3 is 6.16 Å². The Labute approximate surface area is 96.4 Å². The molecule has 0 aliphatic rings. The minimum Gasteiger partial charge on any atom is -0.450 e. The Morgan fingerprint density at radius 1 is 1.44 bits per heavy atom. The van der Waals surface area contributed by atoms with Crippen molar-refractivity contribution in [1.29, 1.82) is 0 Å². The molecule has 0 saturated heterocycles. The Kier molecular flexibility index (Phi) is 8.69. The van der Waals surface area contributed by atoms with Crippen LogP contribution in [0, 0.1) is 0 Å². The predicted molar refractivity (Wildman–Crippen MR) is 65.4 cm³/mol. The molecule has 0 aliphatic heterocycles. The molecular formula is C13H18O3. The summed E-state index contributed by atoms with van der Waals surface area (Å²) in [5.74, 6) is 0. The van der Waals surface area contributed by atoms with Crippen molar-refractivity contribution < 1.29 is 14.6 Å². The van der Waals surface area contributed by atoms with Gasteiger partial charge in [-0.2, -0.15) is 0 Å². The Bertz CT molecular complexity index is 293. The van der Waals surface area contributed by atoms with Crippen molar-refractivity contribution >= 4 is 12.2 Å². The molecule has 1 aromatic carbocycles. The van der Waals surface area contributed by atoms with Crippen molar-refractivity contribution in [2.45, 2.75) is 19.8 Å². The molecule has 0 aromatic heterocycles. The third-order valence-corrected chi connectivity index (χ3v) is 1.76. The standard InChI is InChI=1S/C8H8.C5H10O3/c1-2-8-6-4-3-5-7-8;1-2-3-4-8-5(6)7/h2-7H,1H2;2-4H2,1H3,(H,6,7). The molecule has 0 spiro atoms. The first-order chi connectivity index (χ1) is 7.70. The van der Waals surface area contributed by atoms with Crippen LogP contribution in [0.4, 0.5) is 4.79 Å². The molecule has 1 N–H and O–H groups in total. The quantitative estimate of drug-likeness (QED) is 0.622. The Morgan fingerprint density at radius 3 is 2.44 bits per heavy atom. The zero-order valence-electron chi connectivity index (χ0n) is 9.56. The Balaban J connectivity index is 0.000000281. The molecule has 0 amide bonds. The van der Waals surface area contributed by atoms with E-state index in [0.717, 1.165) is 12.8 Å². The number of carbonyl (C=O) groups is 1. The molecule has 1 rings (SSSR count). The molecule has 0 heterocycles. The van der Waals surface area contributed by atoms with E-state index in [1.54, 1.807) is 0 Å². The van der Waals surface area contributed by atoms with Crippen LogP contribution in [0.2, 0.25) is 0 Å². The number of hydrogen-bond acceptors (Lipinski definition) is 2. The number of carboxylic acid groups (broad SMARTS) is 1. The average molecular weight is 222 g/mol. The van der Waals surface area contributed by atoms with Gasteiger partial charge in [-0.05, 0) is 12.0 Å². The second-order valence-electron chi connectivity index (χ2n) is 3.08. The van der Waals surface area contributed by atoms with Crippen molar-refractivity contribution in [2.75, 3.05) is 6.61 Å². The second kappa shape index (κ2) is 9.77. The summed E-state index contributed by atoms with van der Waals surface area (Å²) in [7, 11) is 0. The maximum atomic E-state index is 9.65. The van der Waals surface area contributed by atoms with Crippen molar-refractivity contribution in [1.82, 2.24) is 0 Å². The molecule has 0 aliphatic carbocycles. The van der Waals surface area contributed by atoms with Gasteiger partial charge in [0.2, 0.25) is 0 Å². The monoisotopic (exact) mass is 222 g/mol. The van der Waals surface area contributed by atoms with Crippen LogP contribution in [0.15, 0.2) is 36.9 Å². The SMILES string of the molecule is C=Cc1ccccc1.CCCCOC(=O)O. The van der Waals surface area contributed by atoms with Crippen LogP contribution >= 0.6 is 0 Å². The first-order valence-electron chi connectivity index (χ1n) is 5.24. The van der Waals surface area contributed by atoms with E-state index in [-0.39, 0.29) is 0 Å². The van der Waals surface area contributed by atoms with Gasteiger partial charge in [0, 0.05) is 0 Å². The van der Waals surface area contributed by atoms with Gasteiger partial charge in [0.15, 0.2) is 0 Å². The lowest BCUT2D eigenvalue weighted by Gasteiger charge is -1.94. The van der Waals surface area contributed by atoms with E-state index in [1.807, 2.05) is 43.3 Å². The maximum absolute atomic E-state index is 9.65. The molecule has 0 saturated carbocycles. The van der Waals surface area contributed by atoms with E-state index >= 15 is 0 Å². The Hall–Kier alpha value is -1.77. The van der Waals surface area contributed by atoms with E-state index in [2.05, 4.69) is 11.3 Å². The van der Waals surface area contributed by atoms with E-state index in [0.29, 0.717) is 6.61 Å². The molecule has 0 fully saturated rings. The summed E-state index contributed by atoms with van der Waals surface area (Å²) in [5, 5.41) is 7.92. The molecule has 0 radical (unpaired) electrons. The fourth-order valence-electron chi connectivity index (χ4n) is 0.893. The third-order valence-electron chi connectivity index (χ3n) is 1.76. The van der Waals surface area contributed by atoms with Gasteiger partial charge in [-0.25, -0.2) is 4.79 Å². The van der Waals surface area contributed by atoms with E-state index < -0.39 is 6.16 Å². The second-order valence-corrected chi connectivity index (χ2v) is 3.08. The highest BCUT2D eigenvalue weighted by Gasteiger charge is 1.91. The van der Waals surface area contributed by atoms with Crippen LogP contribution in [0.1, 0.15) is 25.3 Å². The highest BCUT2D eigenvalue weighted by Crippen LogP contribution is 1.97. The molecular weight excluding hydrogens is 204 g/mol. The molecule has 88 valence electrons. The van der Waals surface area contributed by atoms with Crippen molar-refractivity contribution in [3.63, 3.8) is 0 Å². The van der Waals surface area contributed by atoms with Gasteiger partial charge in [-0.15, -0.1) is 0 Å². The Morgan fingerprint density at radius 2 is 2.06 bits per heavy atom. The van der Waals surface area contributed by atoms with E-state index in [1.165, 1.54) is 5.56 Å². The summed E-state index contributed by atoms with van der Waals surface area (Å²) < 4.78 is 4.20. The average Bonchev–Trinajstić information content (AvgIpc) is 2.31. The maximum Gasteiger partial charge on any atom is 0.505 e. The van der Waals surface area contributed by atoms with Gasteiger partial charge in [-0.1, -0.05) is 56.3 Å². The lowest BCUT2D eigenvalue weighted by Crippen LogP contribution is -2.00. The van der Waals surface area contributed by atoms with Crippen LogP contribution in [0.25, 0.3) is 6.08 Å². The molecule has 1 aromatic rings. The zero-order chi connectivity index (χ0) is 12.2.